The van der Waals surface area contributed by atoms with Gasteiger partial charge in [0.2, 0.25) is 0 Å². The first-order valence-electron chi connectivity index (χ1n) is 4.75. The molecular formula is C12H17NO. The highest BCUT2D eigenvalue weighted by Crippen LogP contribution is 1.78. The molecule has 76 valence electrons. The van der Waals surface area contributed by atoms with Crippen LogP contribution < -0.4 is 10.6 Å². The summed E-state index contributed by atoms with van der Waals surface area (Å²) in [6.45, 7) is 9.49. The van der Waals surface area contributed by atoms with Gasteiger partial charge < -0.3 is 4.98 Å². The fourth-order valence-corrected chi connectivity index (χ4v) is 1.14. The van der Waals surface area contributed by atoms with Crippen LogP contribution in [0.15, 0.2) is 18.9 Å². The number of allylic oxidation sites excluding steroid dienone is 1. The Hall–Kier alpha value is -1.57. The minimum Gasteiger partial charge on any atom is -0.360 e. The number of aromatic nitrogens is 1. The molecule has 0 atom stereocenters. The monoisotopic (exact) mass is 191 g/mol. The maximum atomic E-state index is 10.5. The summed E-state index contributed by atoms with van der Waals surface area (Å²) in [5.41, 5.74) is 0.686. The van der Waals surface area contributed by atoms with Crippen molar-refractivity contribution < 1.29 is 4.79 Å². The van der Waals surface area contributed by atoms with Crippen molar-refractivity contribution in [3.63, 3.8) is 0 Å². The third kappa shape index (κ3) is 2.73. The topological polar surface area (TPSA) is 32.9 Å². The molecule has 2 heteroatoms. The van der Waals surface area contributed by atoms with Crippen molar-refractivity contribution in [1.82, 2.24) is 4.98 Å². The number of aromatic amines is 1. The van der Waals surface area contributed by atoms with Crippen LogP contribution in [0.4, 0.5) is 0 Å². The summed E-state index contributed by atoms with van der Waals surface area (Å²) in [5, 5.41) is 1.86. The SMILES string of the molecule is C=C/C=c1/[nH]cc(C=O)/c1=C/C.CC. The van der Waals surface area contributed by atoms with Crippen LogP contribution in [0, 0.1) is 0 Å². The van der Waals surface area contributed by atoms with Gasteiger partial charge in [-0.05, 0) is 13.0 Å². The third-order valence-electron chi connectivity index (χ3n) is 1.68. The van der Waals surface area contributed by atoms with E-state index in [0.29, 0.717) is 5.56 Å². The highest BCUT2D eigenvalue weighted by molar-refractivity contribution is 5.75. The van der Waals surface area contributed by atoms with Gasteiger partial charge in [0.1, 0.15) is 0 Å². The summed E-state index contributed by atoms with van der Waals surface area (Å²) in [5.74, 6) is 0. The number of nitrogens with one attached hydrogen (secondary N) is 1. The largest absolute Gasteiger partial charge is 0.360 e. The van der Waals surface area contributed by atoms with Gasteiger partial charge in [0.05, 0.1) is 0 Å². The van der Waals surface area contributed by atoms with Crippen LogP contribution in [-0.2, 0) is 0 Å². The zero-order valence-electron chi connectivity index (χ0n) is 9.00. The molecule has 0 amide bonds. The van der Waals surface area contributed by atoms with Crippen LogP contribution in [0.5, 0.6) is 0 Å². The van der Waals surface area contributed by atoms with Gasteiger partial charge in [0, 0.05) is 22.3 Å². The average Bonchev–Trinajstić information content (AvgIpc) is 2.63. The van der Waals surface area contributed by atoms with E-state index in [0.717, 1.165) is 16.9 Å². The van der Waals surface area contributed by atoms with Crippen LogP contribution in [0.1, 0.15) is 31.1 Å². The lowest BCUT2D eigenvalue weighted by molar-refractivity contribution is 0.112. The molecule has 0 fully saturated rings. The normalized spacial score (nSPS) is 11.9. The maximum Gasteiger partial charge on any atom is 0.152 e. The van der Waals surface area contributed by atoms with Gasteiger partial charge in [0.25, 0.3) is 0 Å². The van der Waals surface area contributed by atoms with E-state index in [1.807, 2.05) is 32.9 Å². The first-order chi connectivity index (χ1) is 6.83. The number of hydrogen-bond acceptors (Lipinski definition) is 1. The molecule has 0 bridgehead atoms. The van der Waals surface area contributed by atoms with E-state index in [9.17, 15) is 4.79 Å². The van der Waals surface area contributed by atoms with Gasteiger partial charge in [-0.25, -0.2) is 0 Å². The maximum absolute atomic E-state index is 10.5. The zero-order valence-corrected chi connectivity index (χ0v) is 9.00. The van der Waals surface area contributed by atoms with Crippen LogP contribution in [0.2, 0.25) is 0 Å². The Morgan fingerprint density at radius 3 is 2.50 bits per heavy atom. The summed E-state index contributed by atoms with van der Waals surface area (Å²) in [7, 11) is 0. The Morgan fingerprint density at radius 1 is 1.43 bits per heavy atom. The van der Waals surface area contributed by atoms with E-state index >= 15 is 0 Å². The molecule has 1 N–H and O–H groups in total. The first kappa shape index (κ1) is 12.4. The summed E-state index contributed by atoms with van der Waals surface area (Å²) in [4.78, 5) is 13.5. The first-order valence-corrected chi connectivity index (χ1v) is 4.75. The predicted octanol–water partition coefficient (Wildman–Crippen LogP) is 1.62. The van der Waals surface area contributed by atoms with Crippen LogP contribution in [0.25, 0.3) is 12.2 Å². The Bertz CT molecular complexity index is 398. The fraction of sp³-hybridized carbons (Fsp3) is 0.250. The molecule has 0 aliphatic heterocycles. The van der Waals surface area contributed by atoms with Gasteiger partial charge in [-0.1, -0.05) is 32.6 Å². The lowest BCUT2D eigenvalue weighted by atomic mass is 10.2. The van der Waals surface area contributed by atoms with Crippen molar-refractivity contribution in [3.8, 4) is 0 Å². The molecule has 0 aromatic carbocycles. The van der Waals surface area contributed by atoms with Crippen molar-refractivity contribution in [2.24, 2.45) is 0 Å². The Morgan fingerprint density at radius 2 is 2.07 bits per heavy atom. The van der Waals surface area contributed by atoms with E-state index in [4.69, 9.17) is 0 Å². The third-order valence-corrected chi connectivity index (χ3v) is 1.68. The van der Waals surface area contributed by atoms with E-state index in [-0.39, 0.29) is 0 Å². The lowest BCUT2D eigenvalue weighted by Gasteiger charge is -1.78. The molecule has 0 unspecified atom stereocenters. The van der Waals surface area contributed by atoms with Gasteiger partial charge in [-0.15, -0.1) is 0 Å². The molecule has 0 aliphatic carbocycles. The second-order valence-electron chi connectivity index (χ2n) is 2.38. The van der Waals surface area contributed by atoms with E-state index in [2.05, 4.69) is 11.6 Å². The number of hydrogen-bond donors (Lipinski definition) is 1. The number of aldehydes is 1. The smallest absolute Gasteiger partial charge is 0.152 e. The standard InChI is InChI=1S/C10H11NO.C2H6/c1-3-5-10-9(4-2)8(7-12)6-11-10;1-2/h3-7,11H,1H2,2H3;1-2H3/b9-4-,10-5+;. The van der Waals surface area contributed by atoms with E-state index in [1.165, 1.54) is 0 Å². The zero-order chi connectivity index (χ0) is 11.0. The molecule has 0 saturated heterocycles. The Balaban J connectivity index is 0.000000791. The highest BCUT2D eigenvalue weighted by Gasteiger charge is 1.94. The predicted molar refractivity (Wildman–Crippen MR) is 61.6 cm³/mol. The Kier molecular flexibility index (Phi) is 6.12. The molecule has 2 nitrogen and oxygen atoms in total. The van der Waals surface area contributed by atoms with Crippen LogP contribution >= 0.6 is 0 Å². The number of H-pyrrole nitrogens is 1. The number of rotatable bonds is 2. The van der Waals surface area contributed by atoms with Crippen molar-refractivity contribution in [3.05, 3.63) is 35.0 Å². The molecular weight excluding hydrogens is 174 g/mol. The van der Waals surface area contributed by atoms with Crippen molar-refractivity contribution in [2.75, 3.05) is 0 Å². The van der Waals surface area contributed by atoms with Gasteiger partial charge in [0.15, 0.2) is 6.29 Å². The van der Waals surface area contributed by atoms with Crippen molar-refractivity contribution in [1.29, 1.82) is 0 Å². The summed E-state index contributed by atoms with van der Waals surface area (Å²) >= 11 is 0. The van der Waals surface area contributed by atoms with Gasteiger partial charge in [-0.2, -0.15) is 0 Å². The summed E-state index contributed by atoms with van der Waals surface area (Å²) in [6.07, 6.45) is 7.95. The number of carbonyl (C=O) groups is 1. The Labute approximate surface area is 84.7 Å². The molecule has 14 heavy (non-hydrogen) atoms. The average molecular weight is 191 g/mol. The van der Waals surface area contributed by atoms with Gasteiger partial charge in [-0.3, -0.25) is 4.79 Å². The highest BCUT2D eigenvalue weighted by atomic mass is 16.1. The quantitative estimate of drug-likeness (QED) is 0.708. The fourth-order valence-electron chi connectivity index (χ4n) is 1.14. The molecule has 0 saturated carbocycles. The van der Waals surface area contributed by atoms with Crippen molar-refractivity contribution >= 4 is 18.4 Å². The second kappa shape index (κ2) is 6.89. The minimum atomic E-state index is 0.686. The summed E-state index contributed by atoms with van der Waals surface area (Å²) < 4.78 is 0. The minimum absolute atomic E-state index is 0.686. The summed E-state index contributed by atoms with van der Waals surface area (Å²) in [6, 6.07) is 0. The van der Waals surface area contributed by atoms with Crippen LogP contribution in [0.3, 0.4) is 0 Å². The molecule has 1 aromatic heterocycles. The van der Waals surface area contributed by atoms with E-state index in [1.54, 1.807) is 12.3 Å². The number of carbonyl (C=O) groups excluding carboxylic acids is 1. The second-order valence-corrected chi connectivity index (χ2v) is 2.38. The van der Waals surface area contributed by atoms with Crippen LogP contribution in [-0.4, -0.2) is 11.3 Å². The molecule has 0 spiro atoms. The molecule has 1 aromatic rings. The molecule has 0 radical (unpaired) electrons. The molecule has 1 rings (SSSR count). The van der Waals surface area contributed by atoms with E-state index < -0.39 is 0 Å². The molecule has 1 heterocycles. The lowest BCUT2D eigenvalue weighted by Crippen LogP contribution is -2.24. The molecule has 0 aliphatic rings. The van der Waals surface area contributed by atoms with Gasteiger partial charge >= 0.3 is 0 Å². The van der Waals surface area contributed by atoms with Crippen molar-refractivity contribution in [2.45, 2.75) is 20.8 Å².